The van der Waals surface area contributed by atoms with E-state index in [1.165, 1.54) is 5.56 Å². The van der Waals surface area contributed by atoms with Gasteiger partial charge in [0.05, 0.1) is 23.0 Å². The van der Waals surface area contributed by atoms with E-state index in [1.54, 1.807) is 6.20 Å². The van der Waals surface area contributed by atoms with Gasteiger partial charge in [-0.1, -0.05) is 55.8 Å². The standard InChI is InChI=1S/C15H20ClN3/c1-15(2,11-8-6-5-7-9-11)14(17-3)13-12(16)10-18-19(13)4/h5-10,14,17H,1-4H3. The smallest absolute Gasteiger partial charge is 0.0834 e. The summed E-state index contributed by atoms with van der Waals surface area (Å²) in [7, 11) is 3.88. The third kappa shape index (κ3) is 2.53. The van der Waals surface area contributed by atoms with Crippen molar-refractivity contribution in [2.75, 3.05) is 7.05 Å². The van der Waals surface area contributed by atoms with Crippen LogP contribution in [0.2, 0.25) is 5.02 Å². The quantitative estimate of drug-likeness (QED) is 0.929. The lowest BCUT2D eigenvalue weighted by atomic mass is 9.76. The van der Waals surface area contributed by atoms with Crippen molar-refractivity contribution >= 4 is 11.6 Å². The minimum absolute atomic E-state index is 0.0898. The zero-order chi connectivity index (χ0) is 14.0. The third-order valence-electron chi connectivity index (χ3n) is 3.74. The van der Waals surface area contributed by atoms with Gasteiger partial charge >= 0.3 is 0 Å². The third-order valence-corrected chi connectivity index (χ3v) is 4.03. The van der Waals surface area contributed by atoms with Gasteiger partial charge in [-0.15, -0.1) is 0 Å². The first-order valence-corrected chi connectivity index (χ1v) is 6.76. The Bertz CT molecular complexity index is 526. The van der Waals surface area contributed by atoms with Crippen LogP contribution in [0.25, 0.3) is 0 Å². The van der Waals surface area contributed by atoms with E-state index in [4.69, 9.17) is 11.6 Å². The molecule has 0 amide bonds. The average molecular weight is 278 g/mol. The molecular formula is C15H20ClN3. The lowest BCUT2D eigenvalue weighted by Gasteiger charge is -2.35. The number of hydrogen-bond acceptors (Lipinski definition) is 2. The molecule has 0 saturated carbocycles. The Morgan fingerprint density at radius 1 is 1.26 bits per heavy atom. The van der Waals surface area contributed by atoms with Crippen molar-refractivity contribution in [2.45, 2.75) is 25.3 Å². The molecule has 4 heteroatoms. The lowest BCUT2D eigenvalue weighted by molar-refractivity contribution is 0.351. The molecule has 1 N–H and O–H groups in total. The van der Waals surface area contributed by atoms with Crippen LogP contribution in [0.1, 0.15) is 31.1 Å². The summed E-state index contributed by atoms with van der Waals surface area (Å²) in [5, 5.41) is 8.32. The number of benzene rings is 1. The van der Waals surface area contributed by atoms with Gasteiger partial charge < -0.3 is 5.32 Å². The molecule has 1 unspecified atom stereocenters. The van der Waals surface area contributed by atoms with Crippen LogP contribution in [0.3, 0.4) is 0 Å². The molecule has 19 heavy (non-hydrogen) atoms. The zero-order valence-corrected chi connectivity index (χ0v) is 12.6. The Hall–Kier alpha value is -1.32. The molecule has 0 aliphatic heterocycles. The van der Waals surface area contributed by atoms with E-state index in [0.29, 0.717) is 5.02 Å². The van der Waals surface area contributed by atoms with E-state index in [-0.39, 0.29) is 11.5 Å². The van der Waals surface area contributed by atoms with Crippen LogP contribution in [0, 0.1) is 0 Å². The van der Waals surface area contributed by atoms with E-state index in [2.05, 4.69) is 48.5 Å². The average Bonchev–Trinajstić information content (AvgIpc) is 2.72. The fraction of sp³-hybridized carbons (Fsp3) is 0.400. The highest BCUT2D eigenvalue weighted by Crippen LogP contribution is 2.38. The van der Waals surface area contributed by atoms with Gasteiger partial charge in [-0.2, -0.15) is 5.10 Å². The molecule has 102 valence electrons. The van der Waals surface area contributed by atoms with Crippen molar-refractivity contribution in [3.05, 3.63) is 52.8 Å². The topological polar surface area (TPSA) is 29.9 Å². The lowest BCUT2D eigenvalue weighted by Crippen LogP contribution is -2.37. The number of rotatable bonds is 4. The fourth-order valence-corrected chi connectivity index (χ4v) is 2.89. The number of nitrogens with zero attached hydrogens (tertiary/aromatic N) is 2. The van der Waals surface area contributed by atoms with Gasteiger partial charge in [0.1, 0.15) is 0 Å². The van der Waals surface area contributed by atoms with Crippen molar-refractivity contribution in [3.8, 4) is 0 Å². The molecule has 0 saturated heterocycles. The first-order chi connectivity index (χ1) is 8.98. The van der Waals surface area contributed by atoms with Gasteiger partial charge in [0.15, 0.2) is 0 Å². The Morgan fingerprint density at radius 3 is 2.37 bits per heavy atom. The maximum atomic E-state index is 6.29. The largest absolute Gasteiger partial charge is 0.311 e. The molecule has 0 bridgehead atoms. The van der Waals surface area contributed by atoms with E-state index in [1.807, 2.05) is 24.8 Å². The minimum atomic E-state index is -0.0898. The normalized spacial score (nSPS) is 13.5. The predicted molar refractivity (Wildman–Crippen MR) is 79.5 cm³/mol. The maximum absolute atomic E-state index is 6.29. The Balaban J connectivity index is 2.48. The van der Waals surface area contributed by atoms with Crippen LogP contribution in [0.4, 0.5) is 0 Å². The first kappa shape index (κ1) is 14.1. The molecule has 2 aromatic rings. The number of halogens is 1. The van der Waals surface area contributed by atoms with Crippen molar-refractivity contribution in [3.63, 3.8) is 0 Å². The van der Waals surface area contributed by atoms with E-state index in [0.717, 1.165) is 5.69 Å². The molecule has 0 spiro atoms. The Labute approximate surface area is 119 Å². The highest BCUT2D eigenvalue weighted by Gasteiger charge is 2.34. The van der Waals surface area contributed by atoms with Crippen LogP contribution in [-0.4, -0.2) is 16.8 Å². The van der Waals surface area contributed by atoms with Crippen LogP contribution in [0.15, 0.2) is 36.5 Å². The minimum Gasteiger partial charge on any atom is -0.311 e. The van der Waals surface area contributed by atoms with Gasteiger partial charge in [0.2, 0.25) is 0 Å². The fourth-order valence-electron chi connectivity index (χ4n) is 2.62. The Kier molecular flexibility index (Phi) is 3.97. The number of likely N-dealkylation sites (N-methyl/N-ethyl adjacent to an activating group) is 1. The number of aryl methyl sites for hydroxylation is 1. The zero-order valence-electron chi connectivity index (χ0n) is 11.8. The summed E-state index contributed by atoms with van der Waals surface area (Å²) in [6, 6.07) is 10.5. The number of hydrogen-bond donors (Lipinski definition) is 1. The molecule has 1 aromatic heterocycles. The van der Waals surface area contributed by atoms with Crippen LogP contribution >= 0.6 is 11.6 Å². The van der Waals surface area contributed by atoms with Gasteiger partial charge in [-0.25, -0.2) is 0 Å². The van der Waals surface area contributed by atoms with Crippen LogP contribution in [0.5, 0.6) is 0 Å². The van der Waals surface area contributed by atoms with Crippen molar-refractivity contribution < 1.29 is 0 Å². The summed E-state index contributed by atoms with van der Waals surface area (Å²) >= 11 is 6.29. The molecule has 0 radical (unpaired) electrons. The van der Waals surface area contributed by atoms with Gasteiger partial charge in [-0.3, -0.25) is 4.68 Å². The molecule has 0 fully saturated rings. The molecular weight excluding hydrogens is 258 g/mol. The van der Waals surface area contributed by atoms with Crippen molar-refractivity contribution in [1.82, 2.24) is 15.1 Å². The van der Waals surface area contributed by atoms with Crippen molar-refractivity contribution in [1.29, 1.82) is 0 Å². The van der Waals surface area contributed by atoms with E-state index < -0.39 is 0 Å². The van der Waals surface area contributed by atoms with Crippen molar-refractivity contribution in [2.24, 2.45) is 7.05 Å². The molecule has 1 heterocycles. The van der Waals surface area contributed by atoms with E-state index >= 15 is 0 Å². The summed E-state index contributed by atoms with van der Waals surface area (Å²) in [5.41, 5.74) is 2.19. The maximum Gasteiger partial charge on any atom is 0.0834 e. The van der Waals surface area contributed by atoms with Gasteiger partial charge in [0.25, 0.3) is 0 Å². The van der Waals surface area contributed by atoms with Gasteiger partial charge in [-0.05, 0) is 12.6 Å². The van der Waals surface area contributed by atoms with Crippen LogP contribution < -0.4 is 5.32 Å². The molecule has 3 nitrogen and oxygen atoms in total. The van der Waals surface area contributed by atoms with E-state index in [9.17, 15) is 0 Å². The second-order valence-corrected chi connectivity index (χ2v) is 5.72. The van der Waals surface area contributed by atoms with Gasteiger partial charge in [0, 0.05) is 12.5 Å². The van der Waals surface area contributed by atoms with Crippen LogP contribution in [-0.2, 0) is 12.5 Å². The summed E-state index contributed by atoms with van der Waals surface area (Å²) in [4.78, 5) is 0. The summed E-state index contributed by atoms with van der Waals surface area (Å²) in [5.74, 6) is 0. The molecule has 1 atom stereocenters. The number of aromatic nitrogens is 2. The second kappa shape index (κ2) is 5.35. The first-order valence-electron chi connectivity index (χ1n) is 6.38. The highest BCUT2D eigenvalue weighted by atomic mass is 35.5. The summed E-state index contributed by atoms with van der Waals surface area (Å²) in [6.45, 7) is 4.43. The number of nitrogens with one attached hydrogen (secondary N) is 1. The summed E-state index contributed by atoms with van der Waals surface area (Å²) < 4.78 is 1.84. The SMILES string of the molecule is CNC(c1c(Cl)cnn1C)C(C)(C)c1ccccc1. The summed E-state index contributed by atoms with van der Waals surface area (Å²) in [6.07, 6.45) is 1.70. The highest BCUT2D eigenvalue weighted by molar-refractivity contribution is 6.31. The molecule has 1 aromatic carbocycles. The molecule has 0 aliphatic rings. The molecule has 2 rings (SSSR count). The Morgan fingerprint density at radius 2 is 1.89 bits per heavy atom. The molecule has 0 aliphatic carbocycles. The predicted octanol–water partition coefficient (Wildman–Crippen LogP) is 3.31. The monoisotopic (exact) mass is 277 g/mol. The second-order valence-electron chi connectivity index (χ2n) is 5.31.